The number of hydrogen-bond donors (Lipinski definition) is 3. The molecule has 1 aliphatic carbocycles. The number of H-pyrrole nitrogens is 1. The molecule has 3 N–H and O–H groups in total. The first-order valence-corrected chi connectivity index (χ1v) is 11.4. The lowest BCUT2D eigenvalue weighted by Gasteiger charge is -2.21. The minimum absolute atomic E-state index is 0.407. The van der Waals surface area contributed by atoms with Crippen LogP contribution < -0.4 is 10.6 Å². The molecule has 6 nitrogen and oxygen atoms in total. The van der Waals surface area contributed by atoms with Gasteiger partial charge in [0.2, 0.25) is 0 Å². The number of aromatic nitrogens is 4. The van der Waals surface area contributed by atoms with Gasteiger partial charge in [0.15, 0.2) is 0 Å². The number of benzene rings is 2. The van der Waals surface area contributed by atoms with Crippen molar-refractivity contribution in [3.8, 4) is 11.4 Å². The molecule has 34 heavy (non-hydrogen) atoms. The summed E-state index contributed by atoms with van der Waals surface area (Å²) in [6.07, 6.45) is 6.14. The number of nitrogens with zero attached hydrogens (tertiary/aromatic N) is 3. The van der Waals surface area contributed by atoms with Crippen LogP contribution in [0.15, 0.2) is 79.3 Å². The van der Waals surface area contributed by atoms with Gasteiger partial charge in [-0.05, 0) is 66.9 Å². The predicted molar refractivity (Wildman–Crippen MR) is 133 cm³/mol. The average Bonchev–Trinajstić information content (AvgIpc) is 3.29. The van der Waals surface area contributed by atoms with Crippen molar-refractivity contribution in [1.29, 1.82) is 0 Å². The van der Waals surface area contributed by atoms with E-state index < -0.39 is 6.17 Å². The Hall–Kier alpha value is -4.26. The van der Waals surface area contributed by atoms with Gasteiger partial charge in [-0.1, -0.05) is 12.1 Å². The molecule has 2 aromatic carbocycles. The molecular weight excluding hydrogens is 427 g/mol. The fourth-order valence-corrected chi connectivity index (χ4v) is 4.44. The third-order valence-electron chi connectivity index (χ3n) is 6.13. The van der Waals surface area contributed by atoms with Crippen LogP contribution in [0.1, 0.15) is 17.7 Å². The van der Waals surface area contributed by atoms with E-state index in [1.165, 1.54) is 0 Å². The highest BCUT2D eigenvalue weighted by Crippen LogP contribution is 2.31. The molecule has 0 saturated carbocycles. The maximum Gasteiger partial charge on any atom is 0.138 e. The Balaban J connectivity index is 1.27. The third kappa shape index (κ3) is 4.08. The summed E-state index contributed by atoms with van der Waals surface area (Å²) < 4.78 is 14.0. The predicted octanol–water partition coefficient (Wildman–Crippen LogP) is 6.33. The van der Waals surface area contributed by atoms with Gasteiger partial charge in [0.25, 0.3) is 0 Å². The number of hydrogen-bond acceptors (Lipinski definition) is 5. The molecule has 5 aromatic rings. The number of halogens is 1. The SMILES string of the molecule is FC1CCc2nccc(Nc3cccc(-c4nc5ccc(Nc6ccncc6)cc5[nH]4)c3)c2C1. The Bertz CT molecular complexity index is 1460. The van der Waals surface area contributed by atoms with Crippen molar-refractivity contribution in [3.63, 3.8) is 0 Å². The van der Waals surface area contributed by atoms with E-state index >= 15 is 0 Å². The number of aromatic amines is 1. The summed E-state index contributed by atoms with van der Waals surface area (Å²) in [7, 11) is 0. The van der Waals surface area contributed by atoms with Gasteiger partial charge in [-0.2, -0.15) is 0 Å². The highest BCUT2D eigenvalue weighted by Gasteiger charge is 2.21. The van der Waals surface area contributed by atoms with Crippen LogP contribution in [-0.4, -0.2) is 26.1 Å². The molecular formula is C27H23FN6. The number of imidazole rings is 1. The summed E-state index contributed by atoms with van der Waals surface area (Å²) in [4.78, 5) is 16.7. The number of pyridine rings is 2. The zero-order valence-electron chi connectivity index (χ0n) is 18.4. The lowest BCUT2D eigenvalue weighted by Crippen LogP contribution is -2.17. The molecule has 1 atom stereocenters. The van der Waals surface area contributed by atoms with Crippen LogP contribution in [0.25, 0.3) is 22.4 Å². The van der Waals surface area contributed by atoms with Crippen LogP contribution in [0.3, 0.4) is 0 Å². The van der Waals surface area contributed by atoms with E-state index in [1.807, 2.05) is 54.6 Å². The molecule has 0 amide bonds. The van der Waals surface area contributed by atoms with Gasteiger partial charge in [-0.25, -0.2) is 9.37 Å². The summed E-state index contributed by atoms with van der Waals surface area (Å²) in [6, 6.07) is 19.9. The smallest absolute Gasteiger partial charge is 0.138 e. The Kier molecular flexibility index (Phi) is 5.14. The van der Waals surface area contributed by atoms with Crippen molar-refractivity contribution >= 4 is 33.8 Å². The normalized spacial score (nSPS) is 15.1. The molecule has 3 heterocycles. The lowest BCUT2D eigenvalue weighted by molar-refractivity contribution is 0.300. The Labute approximate surface area is 196 Å². The molecule has 168 valence electrons. The molecule has 3 aromatic heterocycles. The van der Waals surface area contributed by atoms with E-state index in [0.717, 1.165) is 56.4 Å². The number of nitrogens with one attached hydrogen (secondary N) is 3. The molecule has 1 aliphatic rings. The van der Waals surface area contributed by atoms with Crippen LogP contribution in [-0.2, 0) is 12.8 Å². The fraction of sp³-hybridized carbons (Fsp3) is 0.148. The van der Waals surface area contributed by atoms with E-state index in [2.05, 4.69) is 31.7 Å². The van der Waals surface area contributed by atoms with Gasteiger partial charge >= 0.3 is 0 Å². The van der Waals surface area contributed by atoms with Gasteiger partial charge in [0.1, 0.15) is 12.0 Å². The van der Waals surface area contributed by atoms with Gasteiger partial charge in [-0.3, -0.25) is 9.97 Å². The van der Waals surface area contributed by atoms with Crippen molar-refractivity contribution in [2.45, 2.75) is 25.4 Å². The zero-order chi connectivity index (χ0) is 22.9. The molecule has 0 spiro atoms. The van der Waals surface area contributed by atoms with Crippen molar-refractivity contribution in [2.24, 2.45) is 0 Å². The van der Waals surface area contributed by atoms with Crippen LogP contribution in [0.5, 0.6) is 0 Å². The van der Waals surface area contributed by atoms with E-state index in [4.69, 9.17) is 4.98 Å². The summed E-state index contributed by atoms with van der Waals surface area (Å²) in [5.41, 5.74) is 8.57. The van der Waals surface area contributed by atoms with Crippen LogP contribution in [0.2, 0.25) is 0 Å². The van der Waals surface area contributed by atoms with Gasteiger partial charge in [-0.15, -0.1) is 0 Å². The van der Waals surface area contributed by atoms with Crippen molar-refractivity contribution in [2.75, 3.05) is 10.6 Å². The number of anilines is 4. The molecule has 0 radical (unpaired) electrons. The molecule has 0 fully saturated rings. The fourth-order valence-electron chi connectivity index (χ4n) is 4.44. The summed E-state index contributed by atoms with van der Waals surface area (Å²) in [5, 5.41) is 6.85. The van der Waals surface area contributed by atoms with E-state index in [-0.39, 0.29) is 0 Å². The lowest BCUT2D eigenvalue weighted by atomic mass is 9.93. The molecule has 6 rings (SSSR count). The highest BCUT2D eigenvalue weighted by molar-refractivity contribution is 5.84. The van der Waals surface area contributed by atoms with Crippen molar-refractivity contribution in [1.82, 2.24) is 19.9 Å². The van der Waals surface area contributed by atoms with Crippen molar-refractivity contribution < 1.29 is 4.39 Å². The topological polar surface area (TPSA) is 78.5 Å². The molecule has 1 unspecified atom stereocenters. The number of fused-ring (bicyclic) bond motifs is 2. The highest BCUT2D eigenvalue weighted by atomic mass is 19.1. The first-order valence-electron chi connectivity index (χ1n) is 11.4. The second-order valence-electron chi connectivity index (χ2n) is 8.51. The van der Waals surface area contributed by atoms with Gasteiger partial charge in [0, 0.05) is 59.0 Å². The third-order valence-corrected chi connectivity index (χ3v) is 6.13. The van der Waals surface area contributed by atoms with Crippen molar-refractivity contribution in [3.05, 3.63) is 90.5 Å². The Morgan fingerprint density at radius 2 is 1.76 bits per heavy atom. The number of rotatable bonds is 5. The molecule has 0 saturated heterocycles. The second kappa shape index (κ2) is 8.59. The maximum atomic E-state index is 14.0. The van der Waals surface area contributed by atoms with Gasteiger partial charge < -0.3 is 15.6 Å². The maximum absolute atomic E-state index is 14.0. The van der Waals surface area contributed by atoms with Crippen LogP contribution in [0, 0.1) is 0 Å². The molecule has 7 heteroatoms. The van der Waals surface area contributed by atoms with E-state index in [1.54, 1.807) is 18.6 Å². The van der Waals surface area contributed by atoms with E-state index in [0.29, 0.717) is 19.3 Å². The van der Waals surface area contributed by atoms with Crippen LogP contribution in [0.4, 0.5) is 27.1 Å². The first kappa shape index (κ1) is 20.4. The first-order chi connectivity index (χ1) is 16.7. The van der Waals surface area contributed by atoms with Crippen LogP contribution >= 0.6 is 0 Å². The summed E-state index contributed by atoms with van der Waals surface area (Å²) in [5.74, 6) is 0.792. The minimum atomic E-state index is -0.808. The largest absolute Gasteiger partial charge is 0.355 e. The Morgan fingerprint density at radius 1 is 0.882 bits per heavy atom. The number of aryl methyl sites for hydroxylation is 1. The Morgan fingerprint density at radius 3 is 2.68 bits per heavy atom. The zero-order valence-corrected chi connectivity index (χ0v) is 18.4. The molecule has 0 aliphatic heterocycles. The number of alkyl halides is 1. The van der Waals surface area contributed by atoms with Gasteiger partial charge in [0.05, 0.1) is 11.0 Å². The average molecular weight is 451 g/mol. The molecule has 0 bridgehead atoms. The quantitative estimate of drug-likeness (QED) is 0.291. The minimum Gasteiger partial charge on any atom is -0.355 e. The standard InChI is InChI=1S/C27H23FN6/c28-18-4-6-23-22(15-18)24(10-13-30-23)32-20-3-1-2-17(14-20)27-33-25-7-5-21(16-26(25)34-27)31-19-8-11-29-12-9-19/h1-3,5,7-14,16,18H,4,6,15H2,(H,29,31)(H,30,32)(H,33,34). The monoisotopic (exact) mass is 450 g/mol. The second-order valence-corrected chi connectivity index (χ2v) is 8.51. The van der Waals surface area contributed by atoms with E-state index in [9.17, 15) is 4.39 Å². The summed E-state index contributed by atoms with van der Waals surface area (Å²) in [6.45, 7) is 0. The summed E-state index contributed by atoms with van der Waals surface area (Å²) >= 11 is 0.